The molecule has 0 saturated carbocycles. The van der Waals surface area contributed by atoms with E-state index in [1.54, 1.807) is 0 Å². The fourth-order valence-corrected chi connectivity index (χ4v) is 2.65. The van der Waals surface area contributed by atoms with Gasteiger partial charge < -0.3 is 10.1 Å². The number of ether oxygens (including phenoxy) is 1. The Bertz CT molecular complexity index is 334. The Kier molecular flexibility index (Phi) is 3.67. The molecule has 0 spiro atoms. The number of benzene rings is 1. The first kappa shape index (κ1) is 11.0. The fraction of sp³-hybridized carbons (Fsp3) is 0.500. The average molecular weight is 223 g/mol. The van der Waals surface area contributed by atoms with Crippen molar-refractivity contribution in [1.29, 1.82) is 0 Å². The molecular weight excluding hydrogens is 206 g/mol. The molecule has 1 atom stereocenters. The molecule has 0 aromatic heterocycles. The maximum atomic E-state index is 5.42. The van der Waals surface area contributed by atoms with E-state index in [-0.39, 0.29) is 0 Å². The highest BCUT2D eigenvalue weighted by atomic mass is 32.2. The van der Waals surface area contributed by atoms with Gasteiger partial charge in [-0.1, -0.05) is 6.07 Å². The summed E-state index contributed by atoms with van der Waals surface area (Å²) in [5.74, 6) is 0. The van der Waals surface area contributed by atoms with Crippen molar-refractivity contribution in [1.82, 2.24) is 5.32 Å². The predicted molar refractivity (Wildman–Crippen MR) is 64.4 cm³/mol. The Labute approximate surface area is 95.4 Å². The summed E-state index contributed by atoms with van der Waals surface area (Å²) in [6, 6.07) is 6.61. The number of hydrogen-bond donors (Lipinski definition) is 1. The smallest absolute Gasteiger partial charge is 0.0817 e. The second-order valence-corrected chi connectivity index (χ2v) is 5.16. The van der Waals surface area contributed by atoms with Crippen molar-refractivity contribution >= 4 is 11.8 Å². The van der Waals surface area contributed by atoms with Gasteiger partial charge in [-0.15, -0.1) is 11.8 Å². The zero-order chi connectivity index (χ0) is 10.7. The molecule has 0 amide bonds. The molecule has 1 N–H and O–H groups in total. The Balaban J connectivity index is 2.00. The third-order valence-corrected chi connectivity index (χ3v) is 3.76. The zero-order valence-corrected chi connectivity index (χ0v) is 10.1. The number of nitrogens with one attached hydrogen (secondary N) is 1. The topological polar surface area (TPSA) is 21.3 Å². The van der Waals surface area contributed by atoms with Crippen molar-refractivity contribution in [2.75, 3.05) is 19.8 Å². The van der Waals surface area contributed by atoms with Crippen molar-refractivity contribution < 1.29 is 4.74 Å². The van der Waals surface area contributed by atoms with Crippen LogP contribution in [0, 0.1) is 13.8 Å². The van der Waals surface area contributed by atoms with Crippen LogP contribution < -0.4 is 5.32 Å². The Morgan fingerprint density at radius 1 is 1.33 bits per heavy atom. The van der Waals surface area contributed by atoms with Crippen LogP contribution in [0.15, 0.2) is 23.1 Å². The van der Waals surface area contributed by atoms with E-state index in [1.807, 2.05) is 11.8 Å². The van der Waals surface area contributed by atoms with E-state index < -0.39 is 0 Å². The zero-order valence-electron chi connectivity index (χ0n) is 9.25. The van der Waals surface area contributed by atoms with Gasteiger partial charge in [0.15, 0.2) is 0 Å². The van der Waals surface area contributed by atoms with E-state index in [2.05, 4.69) is 37.4 Å². The number of morpholine rings is 1. The lowest BCUT2D eigenvalue weighted by Crippen LogP contribution is -2.38. The van der Waals surface area contributed by atoms with Crippen molar-refractivity contribution in [3.63, 3.8) is 0 Å². The van der Waals surface area contributed by atoms with Crippen molar-refractivity contribution in [2.24, 2.45) is 0 Å². The molecule has 0 bridgehead atoms. The first-order valence-corrected chi connectivity index (χ1v) is 6.19. The molecule has 1 aromatic carbocycles. The van der Waals surface area contributed by atoms with E-state index in [0.717, 1.165) is 19.8 Å². The third-order valence-electron chi connectivity index (χ3n) is 2.64. The second-order valence-electron chi connectivity index (χ2n) is 3.88. The second kappa shape index (κ2) is 5.01. The van der Waals surface area contributed by atoms with Crippen LogP contribution in [-0.2, 0) is 4.74 Å². The average Bonchev–Trinajstić information content (AvgIpc) is 2.25. The van der Waals surface area contributed by atoms with Crippen LogP contribution in [0.3, 0.4) is 0 Å². The highest BCUT2D eigenvalue weighted by molar-refractivity contribution is 8.00. The molecule has 0 radical (unpaired) electrons. The molecule has 2 nitrogen and oxygen atoms in total. The lowest BCUT2D eigenvalue weighted by atomic mass is 10.1. The molecule has 2 rings (SSSR count). The summed E-state index contributed by atoms with van der Waals surface area (Å²) < 4.78 is 5.42. The lowest BCUT2D eigenvalue weighted by molar-refractivity contribution is 0.100. The molecule has 1 aliphatic rings. The summed E-state index contributed by atoms with van der Waals surface area (Å²) in [6.07, 6.45) is 0. The first-order chi connectivity index (χ1) is 7.25. The minimum absolute atomic E-state index is 0.404. The van der Waals surface area contributed by atoms with Crippen molar-refractivity contribution in [3.8, 4) is 0 Å². The first-order valence-electron chi connectivity index (χ1n) is 5.31. The predicted octanol–water partition coefficient (Wildman–Crippen LogP) is 2.34. The van der Waals surface area contributed by atoms with E-state index in [1.165, 1.54) is 16.0 Å². The van der Waals surface area contributed by atoms with Gasteiger partial charge in [0.05, 0.1) is 18.6 Å². The summed E-state index contributed by atoms with van der Waals surface area (Å²) in [4.78, 5) is 1.32. The molecule has 82 valence electrons. The summed E-state index contributed by atoms with van der Waals surface area (Å²) in [7, 11) is 0. The van der Waals surface area contributed by atoms with E-state index >= 15 is 0 Å². The van der Waals surface area contributed by atoms with E-state index in [9.17, 15) is 0 Å². The quantitative estimate of drug-likeness (QED) is 0.831. The summed E-state index contributed by atoms with van der Waals surface area (Å²) >= 11 is 1.85. The van der Waals surface area contributed by atoms with E-state index in [4.69, 9.17) is 4.74 Å². The molecule has 1 saturated heterocycles. The monoisotopic (exact) mass is 223 g/mol. The molecule has 1 unspecified atom stereocenters. The number of hydrogen-bond acceptors (Lipinski definition) is 3. The maximum Gasteiger partial charge on any atom is 0.0817 e. The summed E-state index contributed by atoms with van der Waals surface area (Å²) in [5, 5.41) is 3.84. The molecule has 3 heteroatoms. The van der Waals surface area contributed by atoms with E-state index in [0.29, 0.717) is 5.37 Å². The van der Waals surface area contributed by atoms with Crippen molar-refractivity contribution in [3.05, 3.63) is 29.3 Å². The molecule has 1 heterocycles. The molecule has 1 aromatic rings. The Morgan fingerprint density at radius 2 is 2.20 bits per heavy atom. The SMILES string of the molecule is Cc1ccc(SC2COCCN2)cc1C. The van der Waals surface area contributed by atoms with Gasteiger partial charge in [-0.3, -0.25) is 0 Å². The Morgan fingerprint density at radius 3 is 2.87 bits per heavy atom. The van der Waals surface area contributed by atoms with Gasteiger partial charge in [0.1, 0.15) is 0 Å². The van der Waals surface area contributed by atoms with Gasteiger partial charge in [-0.25, -0.2) is 0 Å². The van der Waals surface area contributed by atoms with Gasteiger partial charge in [0.25, 0.3) is 0 Å². The standard InChI is InChI=1S/C12H17NOS/c1-9-3-4-11(7-10(9)2)15-12-8-14-6-5-13-12/h3-4,7,12-13H,5-6,8H2,1-2H3. The largest absolute Gasteiger partial charge is 0.378 e. The molecule has 15 heavy (non-hydrogen) atoms. The summed E-state index contributed by atoms with van der Waals surface area (Å²) in [5.41, 5.74) is 2.71. The number of rotatable bonds is 2. The number of thioether (sulfide) groups is 1. The van der Waals surface area contributed by atoms with Gasteiger partial charge in [0, 0.05) is 11.4 Å². The fourth-order valence-electron chi connectivity index (χ4n) is 1.57. The summed E-state index contributed by atoms with van der Waals surface area (Å²) in [6.45, 7) is 6.90. The maximum absolute atomic E-state index is 5.42. The molecule has 1 fully saturated rings. The van der Waals surface area contributed by atoms with Crippen LogP contribution in [0.5, 0.6) is 0 Å². The normalized spacial score (nSPS) is 21.6. The highest BCUT2D eigenvalue weighted by Gasteiger charge is 2.13. The van der Waals surface area contributed by atoms with Crippen LogP contribution >= 0.6 is 11.8 Å². The van der Waals surface area contributed by atoms with Gasteiger partial charge >= 0.3 is 0 Å². The van der Waals surface area contributed by atoms with Crippen molar-refractivity contribution in [2.45, 2.75) is 24.1 Å². The lowest BCUT2D eigenvalue weighted by Gasteiger charge is -2.23. The molecule has 1 aliphatic heterocycles. The number of aryl methyl sites for hydroxylation is 2. The van der Waals surface area contributed by atoms with Crippen LogP contribution in [0.25, 0.3) is 0 Å². The molecular formula is C12H17NOS. The minimum atomic E-state index is 0.404. The Hall–Kier alpha value is -0.510. The van der Waals surface area contributed by atoms with Crippen LogP contribution in [-0.4, -0.2) is 25.1 Å². The van der Waals surface area contributed by atoms with Gasteiger partial charge in [-0.05, 0) is 37.1 Å². The van der Waals surface area contributed by atoms with Gasteiger partial charge in [0.2, 0.25) is 0 Å². The molecule has 0 aliphatic carbocycles. The van der Waals surface area contributed by atoms with Crippen LogP contribution in [0.4, 0.5) is 0 Å². The third kappa shape index (κ3) is 2.97. The minimum Gasteiger partial charge on any atom is -0.378 e. The van der Waals surface area contributed by atoms with Crippen LogP contribution in [0.1, 0.15) is 11.1 Å². The van der Waals surface area contributed by atoms with Gasteiger partial charge in [-0.2, -0.15) is 0 Å². The highest BCUT2D eigenvalue weighted by Crippen LogP contribution is 2.25. The van der Waals surface area contributed by atoms with Crippen LogP contribution in [0.2, 0.25) is 0 Å².